The maximum Gasteiger partial charge on any atom is 0.261 e. The number of benzene rings is 2. The van der Waals surface area contributed by atoms with Crippen LogP contribution in [0.3, 0.4) is 0 Å². The molecule has 1 spiro atoms. The Kier molecular flexibility index (Phi) is 5.64. The van der Waals surface area contributed by atoms with Crippen molar-refractivity contribution in [3.63, 3.8) is 0 Å². The van der Waals surface area contributed by atoms with Gasteiger partial charge in [-0.15, -0.1) is 11.8 Å². The molecule has 0 aromatic heterocycles. The highest BCUT2D eigenvalue weighted by Crippen LogP contribution is 2.47. The van der Waals surface area contributed by atoms with E-state index in [0.29, 0.717) is 35.9 Å². The molecule has 0 bridgehead atoms. The summed E-state index contributed by atoms with van der Waals surface area (Å²) in [5.41, 5.74) is 2.55. The summed E-state index contributed by atoms with van der Waals surface area (Å²) in [7, 11) is 3.11. The van der Waals surface area contributed by atoms with Crippen LogP contribution in [0.1, 0.15) is 28.8 Å². The quantitative estimate of drug-likeness (QED) is 0.746. The van der Waals surface area contributed by atoms with Gasteiger partial charge in [-0.05, 0) is 44.0 Å². The van der Waals surface area contributed by atoms with Crippen LogP contribution in [0.5, 0.6) is 11.5 Å². The molecule has 0 atom stereocenters. The van der Waals surface area contributed by atoms with Crippen LogP contribution in [-0.2, 0) is 4.79 Å². The number of hydrogen-bond donors (Lipinski definition) is 0. The minimum Gasteiger partial charge on any atom is -0.496 e. The van der Waals surface area contributed by atoms with Crippen LogP contribution in [0.2, 0.25) is 0 Å². The summed E-state index contributed by atoms with van der Waals surface area (Å²) in [4.78, 5) is 29.5. The number of hydrogen-bond acceptors (Lipinski definition) is 5. The highest BCUT2D eigenvalue weighted by Gasteiger charge is 2.49. The van der Waals surface area contributed by atoms with Crippen molar-refractivity contribution < 1.29 is 19.1 Å². The first-order chi connectivity index (χ1) is 14.5. The number of aryl methyl sites for hydroxylation is 1. The predicted molar refractivity (Wildman–Crippen MR) is 119 cm³/mol. The molecule has 0 aliphatic carbocycles. The molecule has 2 saturated heterocycles. The van der Waals surface area contributed by atoms with Gasteiger partial charge >= 0.3 is 0 Å². The molecule has 6 nitrogen and oxygen atoms in total. The van der Waals surface area contributed by atoms with Gasteiger partial charge in [-0.1, -0.05) is 23.8 Å². The molecular formula is C23H26N2O4S. The highest BCUT2D eigenvalue weighted by molar-refractivity contribution is 8.02. The van der Waals surface area contributed by atoms with Crippen LogP contribution in [0.25, 0.3) is 0 Å². The zero-order valence-electron chi connectivity index (χ0n) is 17.5. The van der Waals surface area contributed by atoms with E-state index in [1.165, 1.54) is 5.56 Å². The summed E-state index contributed by atoms with van der Waals surface area (Å²) in [5, 5.41) is 0. The van der Waals surface area contributed by atoms with Gasteiger partial charge in [0.1, 0.15) is 17.1 Å². The van der Waals surface area contributed by atoms with Crippen LogP contribution >= 0.6 is 11.8 Å². The minimum absolute atomic E-state index is 0.102. The number of carbonyl (C=O) groups excluding carboxylic acids is 2. The van der Waals surface area contributed by atoms with Crippen molar-refractivity contribution in [3.05, 3.63) is 53.6 Å². The van der Waals surface area contributed by atoms with Gasteiger partial charge in [0.2, 0.25) is 5.91 Å². The van der Waals surface area contributed by atoms with Crippen molar-refractivity contribution in [1.29, 1.82) is 0 Å². The molecule has 0 saturated carbocycles. The molecular weight excluding hydrogens is 400 g/mol. The Morgan fingerprint density at radius 1 is 1.00 bits per heavy atom. The number of carbonyl (C=O) groups is 2. The zero-order chi connectivity index (χ0) is 21.3. The summed E-state index contributed by atoms with van der Waals surface area (Å²) < 4.78 is 10.8. The molecule has 0 radical (unpaired) electrons. The van der Waals surface area contributed by atoms with E-state index in [-0.39, 0.29) is 16.7 Å². The second-order valence-corrected chi connectivity index (χ2v) is 8.97. The van der Waals surface area contributed by atoms with E-state index in [2.05, 4.69) is 0 Å². The zero-order valence-corrected chi connectivity index (χ0v) is 18.3. The largest absolute Gasteiger partial charge is 0.496 e. The lowest BCUT2D eigenvalue weighted by Gasteiger charge is -2.44. The maximum absolute atomic E-state index is 13.3. The lowest BCUT2D eigenvalue weighted by molar-refractivity contribution is -0.116. The first-order valence-electron chi connectivity index (χ1n) is 10.0. The molecule has 4 rings (SSSR count). The normalized spacial score (nSPS) is 18.0. The number of amides is 2. The molecule has 2 aliphatic heterocycles. The molecule has 2 aliphatic rings. The summed E-state index contributed by atoms with van der Waals surface area (Å²) in [6.45, 7) is 3.18. The third-order valence-corrected chi connectivity index (χ3v) is 7.41. The molecule has 2 amide bonds. The van der Waals surface area contributed by atoms with Crippen LogP contribution < -0.4 is 14.4 Å². The second-order valence-electron chi connectivity index (χ2n) is 7.63. The number of methoxy groups -OCH3 is 2. The Hall–Kier alpha value is -2.67. The van der Waals surface area contributed by atoms with E-state index in [1.807, 2.05) is 41.0 Å². The molecule has 2 aromatic carbocycles. The van der Waals surface area contributed by atoms with Crippen molar-refractivity contribution in [2.75, 3.05) is 38.0 Å². The first kappa shape index (κ1) is 20.6. The lowest BCUT2D eigenvalue weighted by Crippen LogP contribution is -2.53. The number of thioether (sulfide) groups is 1. The number of ether oxygens (including phenoxy) is 2. The number of piperidine rings is 1. The molecule has 0 unspecified atom stereocenters. The van der Waals surface area contributed by atoms with Gasteiger partial charge < -0.3 is 14.4 Å². The Morgan fingerprint density at radius 3 is 2.17 bits per heavy atom. The first-order valence-corrected chi connectivity index (χ1v) is 11.0. The Labute approximate surface area is 181 Å². The molecule has 30 heavy (non-hydrogen) atoms. The van der Waals surface area contributed by atoms with Gasteiger partial charge in [0.05, 0.1) is 24.8 Å². The third-order valence-electron chi connectivity index (χ3n) is 5.89. The maximum atomic E-state index is 13.3. The number of anilines is 1. The monoisotopic (exact) mass is 426 g/mol. The summed E-state index contributed by atoms with van der Waals surface area (Å²) in [6, 6.07) is 13.4. The van der Waals surface area contributed by atoms with Gasteiger partial charge in [0.25, 0.3) is 5.91 Å². The average Bonchev–Trinajstić information content (AvgIpc) is 3.09. The minimum atomic E-state index is -0.298. The predicted octanol–water partition coefficient (Wildman–Crippen LogP) is 3.72. The summed E-state index contributed by atoms with van der Waals surface area (Å²) >= 11 is 1.69. The Bertz CT molecular complexity index is 930. The summed E-state index contributed by atoms with van der Waals surface area (Å²) in [6.07, 6.45) is 1.45. The van der Waals surface area contributed by atoms with Crippen LogP contribution in [0.15, 0.2) is 42.5 Å². The number of nitrogens with zero attached hydrogens (tertiary/aromatic N) is 2. The topological polar surface area (TPSA) is 59.1 Å². The van der Waals surface area contributed by atoms with E-state index in [4.69, 9.17) is 9.47 Å². The fourth-order valence-electron chi connectivity index (χ4n) is 4.27. The molecule has 2 aromatic rings. The molecule has 2 fully saturated rings. The molecule has 7 heteroatoms. The van der Waals surface area contributed by atoms with E-state index >= 15 is 0 Å². The van der Waals surface area contributed by atoms with Crippen molar-refractivity contribution in [2.45, 2.75) is 24.6 Å². The Morgan fingerprint density at radius 2 is 1.60 bits per heavy atom. The highest BCUT2D eigenvalue weighted by atomic mass is 32.2. The van der Waals surface area contributed by atoms with Crippen molar-refractivity contribution in [3.8, 4) is 11.5 Å². The lowest BCUT2D eigenvalue weighted by atomic mass is 9.99. The fourth-order valence-corrected chi connectivity index (χ4v) is 5.60. The fraction of sp³-hybridized carbons (Fsp3) is 0.391. The molecule has 0 N–H and O–H groups in total. The SMILES string of the molecule is COc1cccc(OC)c1C(=O)N1CCC2(CC1)SCC(=O)N2c1ccc(C)cc1. The summed E-state index contributed by atoms with van der Waals surface area (Å²) in [5.74, 6) is 1.52. The smallest absolute Gasteiger partial charge is 0.261 e. The van der Waals surface area contributed by atoms with Crippen LogP contribution in [-0.4, -0.2) is 54.6 Å². The van der Waals surface area contributed by atoms with Crippen LogP contribution in [0.4, 0.5) is 5.69 Å². The van der Waals surface area contributed by atoms with Gasteiger partial charge in [0, 0.05) is 18.8 Å². The van der Waals surface area contributed by atoms with Gasteiger partial charge in [-0.3, -0.25) is 14.5 Å². The van der Waals surface area contributed by atoms with Crippen molar-refractivity contribution in [2.24, 2.45) is 0 Å². The standard InChI is InChI=1S/C23H26N2O4S/c1-16-7-9-17(10-8-16)25-20(26)15-30-23(25)11-13-24(14-12-23)22(27)21-18(28-2)5-4-6-19(21)29-3/h4-10H,11-15H2,1-3H3. The number of likely N-dealkylation sites (tertiary alicyclic amines) is 1. The van der Waals surface area contributed by atoms with E-state index in [1.54, 1.807) is 44.2 Å². The molecule has 2 heterocycles. The van der Waals surface area contributed by atoms with Crippen molar-refractivity contribution >= 4 is 29.3 Å². The van der Waals surface area contributed by atoms with E-state index in [9.17, 15) is 9.59 Å². The number of rotatable bonds is 4. The van der Waals surface area contributed by atoms with Gasteiger partial charge in [-0.25, -0.2) is 0 Å². The van der Waals surface area contributed by atoms with Crippen molar-refractivity contribution in [1.82, 2.24) is 4.90 Å². The van der Waals surface area contributed by atoms with Gasteiger partial charge in [-0.2, -0.15) is 0 Å². The third kappa shape index (κ3) is 3.51. The van der Waals surface area contributed by atoms with E-state index in [0.717, 1.165) is 18.5 Å². The van der Waals surface area contributed by atoms with Gasteiger partial charge in [0.15, 0.2) is 0 Å². The average molecular weight is 427 g/mol. The van der Waals surface area contributed by atoms with Crippen LogP contribution in [0, 0.1) is 6.92 Å². The molecule has 158 valence electrons. The van der Waals surface area contributed by atoms with E-state index < -0.39 is 0 Å². The Balaban J connectivity index is 1.55. The second kappa shape index (κ2) is 8.22.